The maximum Gasteiger partial charge on any atom is 0.285 e. The van der Waals surface area contributed by atoms with Gasteiger partial charge in [-0.05, 0) is 42.5 Å². The predicted molar refractivity (Wildman–Crippen MR) is 99.1 cm³/mol. The van der Waals surface area contributed by atoms with Gasteiger partial charge in [0.2, 0.25) is 0 Å². The van der Waals surface area contributed by atoms with Gasteiger partial charge in [0.1, 0.15) is 11.2 Å². The molecular formula is C17H26ClN3O2S. The number of piperidine rings is 1. The summed E-state index contributed by atoms with van der Waals surface area (Å²) in [6, 6.07) is 5.18. The minimum Gasteiger partial charge on any atom is -0.368 e. The smallest absolute Gasteiger partial charge is 0.285 e. The molecule has 0 spiro atoms. The first-order chi connectivity index (χ1) is 11.1. The first kappa shape index (κ1) is 19.2. The maximum atomic E-state index is 12.4. The second kappa shape index (κ2) is 7.42. The Kier molecular flexibility index (Phi) is 5.94. The van der Waals surface area contributed by atoms with E-state index in [0.29, 0.717) is 5.41 Å². The summed E-state index contributed by atoms with van der Waals surface area (Å²) in [7, 11) is -0.360. The lowest BCUT2D eigenvalue weighted by Gasteiger charge is -2.38. The highest BCUT2D eigenvalue weighted by Gasteiger charge is 2.26. The highest BCUT2D eigenvalue weighted by Crippen LogP contribution is 2.30. The van der Waals surface area contributed by atoms with Crippen molar-refractivity contribution in [1.82, 2.24) is 9.80 Å². The normalized spacial score (nSPS) is 18.9. The van der Waals surface area contributed by atoms with Crippen LogP contribution in [0.15, 0.2) is 27.5 Å². The molecule has 0 atom stereocenters. The average molecular weight is 372 g/mol. The fourth-order valence-electron chi connectivity index (χ4n) is 2.99. The minimum atomic E-state index is -3.79. The molecule has 0 unspecified atom stereocenters. The number of halogens is 1. The van der Waals surface area contributed by atoms with Gasteiger partial charge in [-0.3, -0.25) is 4.90 Å². The Bertz CT molecular complexity index is 715. The molecule has 1 heterocycles. The van der Waals surface area contributed by atoms with Crippen molar-refractivity contribution in [3.8, 4) is 0 Å². The third-order valence-electron chi connectivity index (χ3n) is 4.08. The number of likely N-dealkylation sites (tertiary alicyclic amines) is 1. The number of nitrogens with zero attached hydrogens (tertiary/aromatic N) is 3. The van der Waals surface area contributed by atoms with Gasteiger partial charge in [0, 0.05) is 27.2 Å². The van der Waals surface area contributed by atoms with Gasteiger partial charge in [0.15, 0.2) is 0 Å². The van der Waals surface area contributed by atoms with Crippen LogP contribution >= 0.6 is 11.6 Å². The van der Waals surface area contributed by atoms with E-state index in [0.717, 1.165) is 25.2 Å². The molecule has 1 aliphatic heterocycles. The molecule has 24 heavy (non-hydrogen) atoms. The van der Waals surface area contributed by atoms with Crippen LogP contribution in [0.2, 0.25) is 5.02 Å². The Morgan fingerprint density at radius 2 is 2.08 bits per heavy atom. The number of sulfonamides is 1. The summed E-state index contributed by atoms with van der Waals surface area (Å²) in [4.78, 5) is 4.01. The van der Waals surface area contributed by atoms with E-state index in [1.54, 1.807) is 31.1 Å². The van der Waals surface area contributed by atoms with Crippen LogP contribution in [0.5, 0.6) is 0 Å². The number of benzene rings is 1. The monoisotopic (exact) mass is 371 g/mol. The van der Waals surface area contributed by atoms with Crippen LogP contribution in [0.4, 0.5) is 0 Å². The van der Waals surface area contributed by atoms with E-state index in [-0.39, 0.29) is 9.92 Å². The lowest BCUT2D eigenvalue weighted by molar-refractivity contribution is 0.111. The van der Waals surface area contributed by atoms with E-state index in [4.69, 9.17) is 11.6 Å². The van der Waals surface area contributed by atoms with Crippen LogP contribution in [0.3, 0.4) is 0 Å². The molecule has 7 heteroatoms. The van der Waals surface area contributed by atoms with Crippen LogP contribution in [0.25, 0.3) is 0 Å². The quantitative estimate of drug-likeness (QED) is 0.589. The van der Waals surface area contributed by atoms with E-state index < -0.39 is 10.0 Å². The van der Waals surface area contributed by atoms with Crippen molar-refractivity contribution in [3.05, 3.63) is 28.8 Å². The van der Waals surface area contributed by atoms with E-state index in [1.807, 2.05) is 6.07 Å². The number of rotatable bonds is 5. The van der Waals surface area contributed by atoms with Crippen LogP contribution in [-0.4, -0.2) is 51.7 Å². The fourth-order valence-corrected chi connectivity index (χ4v) is 4.45. The predicted octanol–water partition coefficient (Wildman–Crippen LogP) is 3.24. The highest BCUT2D eigenvalue weighted by atomic mass is 35.5. The first-order valence-electron chi connectivity index (χ1n) is 8.07. The van der Waals surface area contributed by atoms with Crippen molar-refractivity contribution in [2.45, 2.75) is 38.1 Å². The van der Waals surface area contributed by atoms with Crippen molar-refractivity contribution < 1.29 is 8.42 Å². The Morgan fingerprint density at radius 3 is 2.71 bits per heavy atom. The molecule has 0 bridgehead atoms. The molecule has 1 fully saturated rings. The highest BCUT2D eigenvalue weighted by molar-refractivity contribution is 7.90. The van der Waals surface area contributed by atoms with Gasteiger partial charge in [-0.25, -0.2) is 0 Å². The molecule has 0 N–H and O–H groups in total. The second-order valence-electron chi connectivity index (χ2n) is 7.40. The van der Waals surface area contributed by atoms with E-state index in [9.17, 15) is 8.42 Å². The summed E-state index contributed by atoms with van der Waals surface area (Å²) in [5, 5.41) is 0.202. The summed E-state index contributed by atoms with van der Waals surface area (Å²) in [6.45, 7) is 7.31. The summed E-state index contributed by atoms with van der Waals surface area (Å²) in [6.07, 6.45) is 3.66. The van der Waals surface area contributed by atoms with Gasteiger partial charge < -0.3 is 4.90 Å². The average Bonchev–Trinajstić information content (AvgIpc) is 2.46. The summed E-state index contributed by atoms with van der Waals surface area (Å²) >= 11 is 6.10. The molecule has 1 aromatic carbocycles. The molecule has 5 nitrogen and oxygen atoms in total. The topological polar surface area (TPSA) is 53.0 Å². The zero-order valence-corrected chi connectivity index (χ0v) is 16.4. The SMILES string of the molecule is CN(C)/C=N/S(=O)(=O)c1cc(CN2CCCC(C)(C)C2)ccc1Cl. The molecule has 0 amide bonds. The van der Waals surface area contributed by atoms with Crippen LogP contribution in [0, 0.1) is 5.41 Å². The van der Waals surface area contributed by atoms with Crippen molar-refractivity contribution in [3.63, 3.8) is 0 Å². The van der Waals surface area contributed by atoms with Gasteiger partial charge in [-0.1, -0.05) is 31.5 Å². The standard InChI is InChI=1S/C17H26ClN3O2S/c1-17(2)8-5-9-21(12-17)11-14-6-7-15(18)16(10-14)24(22,23)19-13-20(3)4/h6-7,10,13H,5,8-9,11-12H2,1-4H3/b19-13+. The molecule has 1 aliphatic rings. The zero-order valence-electron chi connectivity index (χ0n) is 14.8. The van der Waals surface area contributed by atoms with Gasteiger partial charge in [-0.2, -0.15) is 8.42 Å². The molecule has 1 aromatic rings. The van der Waals surface area contributed by atoms with E-state index >= 15 is 0 Å². The Labute approximate surface area is 150 Å². The molecule has 0 saturated carbocycles. The third kappa shape index (κ3) is 5.19. The van der Waals surface area contributed by atoms with E-state index in [1.165, 1.54) is 19.2 Å². The maximum absolute atomic E-state index is 12.4. The minimum absolute atomic E-state index is 0.0658. The van der Waals surface area contributed by atoms with Crippen LogP contribution in [0.1, 0.15) is 32.3 Å². The largest absolute Gasteiger partial charge is 0.368 e. The Hall–Kier alpha value is -1.11. The molecule has 0 aromatic heterocycles. The van der Waals surface area contributed by atoms with Crippen molar-refractivity contribution in [2.75, 3.05) is 27.2 Å². The molecule has 1 saturated heterocycles. The lowest BCUT2D eigenvalue weighted by Crippen LogP contribution is -2.39. The zero-order chi connectivity index (χ0) is 18.0. The lowest BCUT2D eigenvalue weighted by atomic mass is 9.84. The van der Waals surface area contributed by atoms with Crippen LogP contribution in [-0.2, 0) is 16.6 Å². The summed E-state index contributed by atoms with van der Waals surface area (Å²) < 4.78 is 28.4. The van der Waals surface area contributed by atoms with Crippen LogP contribution < -0.4 is 0 Å². The summed E-state index contributed by atoms with van der Waals surface area (Å²) in [5.74, 6) is 0. The Morgan fingerprint density at radius 1 is 1.38 bits per heavy atom. The molecule has 0 radical (unpaired) electrons. The van der Waals surface area contributed by atoms with Crippen molar-refractivity contribution in [1.29, 1.82) is 0 Å². The van der Waals surface area contributed by atoms with Gasteiger partial charge in [-0.15, -0.1) is 4.40 Å². The second-order valence-corrected chi connectivity index (χ2v) is 9.41. The van der Waals surface area contributed by atoms with Crippen molar-refractivity contribution in [2.24, 2.45) is 9.81 Å². The van der Waals surface area contributed by atoms with Crippen molar-refractivity contribution >= 4 is 28.0 Å². The number of hydrogen-bond donors (Lipinski definition) is 0. The molecule has 0 aliphatic carbocycles. The fraction of sp³-hybridized carbons (Fsp3) is 0.588. The first-order valence-corrected chi connectivity index (χ1v) is 9.89. The third-order valence-corrected chi connectivity index (χ3v) is 5.78. The summed E-state index contributed by atoms with van der Waals surface area (Å²) in [5.41, 5.74) is 1.24. The number of hydrogen-bond acceptors (Lipinski definition) is 3. The Balaban J connectivity index is 2.22. The van der Waals surface area contributed by atoms with Gasteiger partial charge in [0.05, 0.1) is 5.02 Å². The van der Waals surface area contributed by atoms with Gasteiger partial charge in [0.25, 0.3) is 10.0 Å². The van der Waals surface area contributed by atoms with Gasteiger partial charge >= 0.3 is 0 Å². The molecular weight excluding hydrogens is 346 g/mol. The molecule has 2 rings (SSSR count). The van der Waals surface area contributed by atoms with E-state index in [2.05, 4.69) is 23.1 Å². The molecule has 134 valence electrons.